The molecule has 2 aliphatic rings. The van der Waals surface area contributed by atoms with Crippen molar-refractivity contribution in [3.05, 3.63) is 31.6 Å². The molecule has 1 N–H and O–H groups in total. The van der Waals surface area contributed by atoms with Crippen molar-refractivity contribution in [3.8, 4) is 0 Å². The smallest absolute Gasteiger partial charge is 0.410 e. The molecule has 44 heavy (non-hydrogen) atoms. The molecule has 247 valence electrons. The number of amides is 5. The lowest BCUT2D eigenvalue weighted by Gasteiger charge is -2.36. The lowest BCUT2D eigenvalue weighted by Crippen LogP contribution is -2.53. The number of carbonyl (C=O) groups is 5. The summed E-state index contributed by atoms with van der Waals surface area (Å²) in [5.41, 5.74) is -2.28. The topological polar surface area (TPSA) is 138 Å². The van der Waals surface area contributed by atoms with Gasteiger partial charge in [0.2, 0.25) is 11.8 Å². The molecule has 13 nitrogen and oxygen atoms in total. The number of hydrogen-bond acceptors (Lipinski definition) is 8. The van der Waals surface area contributed by atoms with Crippen molar-refractivity contribution >= 4 is 30.1 Å². The lowest BCUT2D eigenvalue weighted by atomic mass is 10.1. The Morgan fingerprint density at radius 3 is 1.16 bits per heavy atom. The highest BCUT2D eigenvalue weighted by atomic mass is 16.6. The summed E-state index contributed by atoms with van der Waals surface area (Å²) in [4.78, 5) is 71.1. The molecule has 2 fully saturated rings. The first-order valence-corrected chi connectivity index (χ1v) is 15.0. The Hall–Kier alpha value is -3.25. The van der Waals surface area contributed by atoms with Gasteiger partial charge in [-0.1, -0.05) is 0 Å². The molecular formula is C31H50N5O8. The minimum Gasteiger partial charge on any atom is -0.444 e. The Labute approximate surface area is 262 Å². The molecule has 1 aliphatic heterocycles. The van der Waals surface area contributed by atoms with Crippen molar-refractivity contribution < 1.29 is 38.2 Å². The highest BCUT2D eigenvalue weighted by Crippen LogP contribution is 2.22. The standard InChI is InChI=1S/C31H50N5O8/c1-29(2,3)42-26(39)34-16-14-33(24(37)22-32-25(38)23-12-10-11-13-23)15-17-35(27(40)43-30(4,5)6)19-21-36(20-18-34)28(41)44-31(7,8)9/h10-13H,14-22H2,1-9H3,(H,32,38). The predicted octanol–water partition coefficient (Wildman–Crippen LogP) is 3.06. The molecule has 1 aliphatic carbocycles. The zero-order valence-electron chi connectivity index (χ0n) is 27.7. The van der Waals surface area contributed by atoms with Gasteiger partial charge in [-0.15, -0.1) is 0 Å². The maximum atomic E-state index is 13.3. The molecule has 0 aromatic heterocycles. The normalized spacial score (nSPS) is 18.2. The number of rotatable bonds is 3. The van der Waals surface area contributed by atoms with Crippen LogP contribution in [0.4, 0.5) is 14.4 Å². The first-order chi connectivity index (χ1) is 20.2. The van der Waals surface area contributed by atoms with E-state index in [1.54, 1.807) is 88.0 Å². The van der Waals surface area contributed by atoms with Crippen LogP contribution in [0.2, 0.25) is 0 Å². The molecule has 1 saturated heterocycles. The van der Waals surface area contributed by atoms with Gasteiger partial charge in [-0.3, -0.25) is 9.59 Å². The van der Waals surface area contributed by atoms with Gasteiger partial charge < -0.3 is 39.1 Å². The van der Waals surface area contributed by atoms with Gasteiger partial charge in [-0.05, 0) is 88.0 Å². The van der Waals surface area contributed by atoms with Crippen LogP contribution in [0.5, 0.6) is 0 Å². The van der Waals surface area contributed by atoms with E-state index in [2.05, 4.69) is 5.32 Å². The summed E-state index contributed by atoms with van der Waals surface area (Å²) in [6.45, 7) is 16.3. The Balaban J connectivity index is 2.31. The van der Waals surface area contributed by atoms with Crippen molar-refractivity contribution in [1.29, 1.82) is 0 Å². The summed E-state index contributed by atoms with van der Waals surface area (Å²) in [6.07, 6.45) is 4.99. The molecule has 0 spiro atoms. The molecule has 0 aromatic carbocycles. The second-order valence-electron chi connectivity index (χ2n) is 13.6. The van der Waals surface area contributed by atoms with Crippen LogP contribution < -0.4 is 5.32 Å². The van der Waals surface area contributed by atoms with Gasteiger partial charge in [0, 0.05) is 52.4 Å². The maximum absolute atomic E-state index is 13.3. The molecule has 0 unspecified atom stereocenters. The van der Waals surface area contributed by atoms with E-state index in [1.807, 2.05) is 0 Å². The summed E-state index contributed by atoms with van der Waals surface area (Å²) in [5, 5.41) is 2.64. The van der Waals surface area contributed by atoms with E-state index in [0.717, 1.165) is 0 Å². The highest BCUT2D eigenvalue weighted by Gasteiger charge is 2.31. The zero-order chi connectivity index (χ0) is 33.3. The molecule has 13 heteroatoms. The SMILES string of the molecule is CC(C)(C)OC(=O)N1CCN(C(=O)CNC(=O)[C]2[CH][CH][CH][CH]2)CCN(C(=O)OC(C)(C)C)CCN(C(=O)OC(C)(C)C)CC1. The highest BCUT2D eigenvalue weighted by molar-refractivity contribution is 5.97. The first kappa shape index (κ1) is 36.9. The monoisotopic (exact) mass is 620 g/mol. The number of hydrogen-bond donors (Lipinski definition) is 1. The average molecular weight is 621 g/mol. The molecule has 0 aromatic rings. The summed E-state index contributed by atoms with van der Waals surface area (Å²) in [6, 6.07) is 0. The molecular weight excluding hydrogens is 570 g/mol. The molecule has 5 radical (unpaired) electrons. The van der Waals surface area contributed by atoms with Gasteiger partial charge in [-0.2, -0.15) is 0 Å². The Morgan fingerprint density at radius 1 is 0.568 bits per heavy atom. The maximum Gasteiger partial charge on any atom is 0.410 e. The van der Waals surface area contributed by atoms with Crippen molar-refractivity contribution in [2.45, 2.75) is 79.1 Å². The Kier molecular flexibility index (Phi) is 13.1. The van der Waals surface area contributed by atoms with Crippen LogP contribution in [0.3, 0.4) is 0 Å². The molecule has 5 amide bonds. The number of nitrogens with zero attached hydrogens (tertiary/aromatic N) is 4. The van der Waals surface area contributed by atoms with Gasteiger partial charge in [0.25, 0.3) is 0 Å². The third-order valence-corrected chi connectivity index (χ3v) is 6.19. The van der Waals surface area contributed by atoms with E-state index in [-0.39, 0.29) is 70.7 Å². The molecule has 2 rings (SSSR count). The van der Waals surface area contributed by atoms with Crippen LogP contribution in [0.1, 0.15) is 62.3 Å². The zero-order valence-corrected chi connectivity index (χ0v) is 27.7. The summed E-state index contributed by atoms with van der Waals surface area (Å²) < 4.78 is 16.8. The average Bonchev–Trinajstić information content (AvgIpc) is 3.39. The summed E-state index contributed by atoms with van der Waals surface area (Å²) in [5.74, 6) is -0.329. The molecule has 0 bridgehead atoms. The van der Waals surface area contributed by atoms with Gasteiger partial charge in [0.1, 0.15) is 16.8 Å². The van der Waals surface area contributed by atoms with E-state index < -0.39 is 35.1 Å². The Bertz CT molecular complexity index is 964. The van der Waals surface area contributed by atoms with Gasteiger partial charge >= 0.3 is 18.3 Å². The summed E-state index contributed by atoms with van der Waals surface area (Å²) >= 11 is 0. The van der Waals surface area contributed by atoms with Crippen LogP contribution in [0.25, 0.3) is 0 Å². The second-order valence-corrected chi connectivity index (χ2v) is 13.6. The molecule has 1 saturated carbocycles. The van der Waals surface area contributed by atoms with Crippen molar-refractivity contribution in [2.24, 2.45) is 0 Å². The quantitative estimate of drug-likeness (QED) is 0.476. The third kappa shape index (κ3) is 13.6. The first-order valence-electron chi connectivity index (χ1n) is 15.0. The van der Waals surface area contributed by atoms with Gasteiger partial charge in [0.15, 0.2) is 0 Å². The predicted molar refractivity (Wildman–Crippen MR) is 163 cm³/mol. The lowest BCUT2D eigenvalue weighted by molar-refractivity contribution is -0.132. The van der Waals surface area contributed by atoms with Crippen LogP contribution in [-0.2, 0) is 23.8 Å². The number of nitrogens with one attached hydrogen (secondary N) is 1. The van der Waals surface area contributed by atoms with Gasteiger partial charge in [-0.25, -0.2) is 14.4 Å². The largest absolute Gasteiger partial charge is 0.444 e. The van der Waals surface area contributed by atoms with E-state index in [9.17, 15) is 24.0 Å². The number of ether oxygens (including phenoxy) is 3. The molecule has 0 atom stereocenters. The fourth-order valence-electron chi connectivity index (χ4n) is 4.08. The fourth-order valence-corrected chi connectivity index (χ4v) is 4.08. The van der Waals surface area contributed by atoms with Crippen molar-refractivity contribution in [2.75, 3.05) is 58.9 Å². The van der Waals surface area contributed by atoms with E-state index in [0.29, 0.717) is 5.92 Å². The van der Waals surface area contributed by atoms with E-state index in [1.165, 1.54) is 19.6 Å². The van der Waals surface area contributed by atoms with Gasteiger partial charge in [0.05, 0.1) is 12.5 Å². The Morgan fingerprint density at radius 2 is 0.864 bits per heavy atom. The minimum atomic E-state index is -0.764. The minimum absolute atomic E-state index is 0.0893. The van der Waals surface area contributed by atoms with Crippen molar-refractivity contribution in [1.82, 2.24) is 24.9 Å². The van der Waals surface area contributed by atoms with Crippen LogP contribution >= 0.6 is 0 Å². The third-order valence-electron chi connectivity index (χ3n) is 6.19. The number of carbonyl (C=O) groups excluding carboxylic acids is 5. The van der Waals surface area contributed by atoms with Crippen molar-refractivity contribution in [3.63, 3.8) is 0 Å². The van der Waals surface area contributed by atoms with Crippen LogP contribution in [0, 0.1) is 31.6 Å². The van der Waals surface area contributed by atoms with Crippen LogP contribution in [-0.4, -0.2) is 125 Å². The van der Waals surface area contributed by atoms with E-state index >= 15 is 0 Å². The van der Waals surface area contributed by atoms with E-state index in [4.69, 9.17) is 14.2 Å². The molecule has 1 heterocycles. The van der Waals surface area contributed by atoms with Crippen LogP contribution in [0.15, 0.2) is 0 Å². The second kappa shape index (κ2) is 15.7. The fraction of sp³-hybridized carbons (Fsp3) is 0.677. The summed E-state index contributed by atoms with van der Waals surface area (Å²) in [7, 11) is 0.